The zero-order valence-electron chi connectivity index (χ0n) is 14.4. The second-order valence-electron chi connectivity index (χ2n) is 6.10. The number of imidazole rings is 1. The highest BCUT2D eigenvalue weighted by Gasteiger charge is 2.20. The van der Waals surface area contributed by atoms with Crippen LogP contribution in [0.15, 0.2) is 12.3 Å². The normalized spacial score (nSPS) is 15.0. The molecule has 0 spiro atoms. The van der Waals surface area contributed by atoms with Crippen molar-refractivity contribution in [2.75, 3.05) is 39.2 Å². The number of hydrogen-bond donors (Lipinski definition) is 1. The van der Waals surface area contributed by atoms with Crippen molar-refractivity contribution in [2.45, 2.75) is 32.2 Å². The molecular weight excluding hydrogens is 306 g/mol. The Hall–Kier alpha value is -2.15. The van der Waals surface area contributed by atoms with Crippen LogP contribution in [0.1, 0.15) is 36.0 Å². The van der Waals surface area contributed by atoms with Crippen LogP contribution in [0.5, 0.6) is 0 Å². The van der Waals surface area contributed by atoms with Crippen molar-refractivity contribution in [3.05, 3.63) is 17.8 Å². The fourth-order valence-electron chi connectivity index (χ4n) is 3.18. The molecule has 1 fully saturated rings. The van der Waals surface area contributed by atoms with Gasteiger partial charge in [-0.1, -0.05) is 0 Å². The molecule has 2 aromatic heterocycles. The molecule has 1 amide bonds. The van der Waals surface area contributed by atoms with Crippen molar-refractivity contribution in [3.8, 4) is 0 Å². The third-order valence-electron chi connectivity index (χ3n) is 4.43. The predicted molar refractivity (Wildman–Crippen MR) is 93.3 cm³/mol. The summed E-state index contributed by atoms with van der Waals surface area (Å²) in [6.07, 6.45) is 5.93. The Morgan fingerprint density at radius 3 is 2.83 bits per heavy atom. The number of nitrogens with zero attached hydrogens (tertiary/aromatic N) is 4. The Morgan fingerprint density at radius 1 is 1.33 bits per heavy atom. The molecule has 1 saturated heterocycles. The molecule has 1 aliphatic rings. The third kappa shape index (κ3) is 3.36. The number of piperidine rings is 1. The predicted octanol–water partition coefficient (Wildman–Crippen LogP) is 2.14. The number of anilines is 1. The number of aryl methyl sites for hydroxylation is 1. The number of aromatic nitrogens is 3. The maximum Gasteiger partial charge on any atom is 0.255 e. The van der Waals surface area contributed by atoms with Crippen LogP contribution in [0.4, 0.5) is 5.95 Å². The first-order chi connectivity index (χ1) is 11.7. The number of carbonyl (C=O) groups excluding carboxylic acids is 1. The molecule has 0 aliphatic carbocycles. The molecule has 7 nitrogen and oxygen atoms in total. The quantitative estimate of drug-likeness (QED) is 0.821. The van der Waals surface area contributed by atoms with Crippen LogP contribution in [0.2, 0.25) is 0 Å². The number of ether oxygens (including phenoxy) is 1. The average molecular weight is 331 g/mol. The maximum atomic E-state index is 12.6. The fourth-order valence-corrected chi connectivity index (χ4v) is 3.18. The van der Waals surface area contributed by atoms with Crippen LogP contribution < -0.4 is 5.32 Å². The summed E-state index contributed by atoms with van der Waals surface area (Å²) in [5, 5.41) is 3.10. The van der Waals surface area contributed by atoms with Gasteiger partial charge in [0.15, 0.2) is 5.65 Å². The summed E-state index contributed by atoms with van der Waals surface area (Å²) in [6.45, 7) is 3.13. The van der Waals surface area contributed by atoms with Crippen LogP contribution >= 0.6 is 0 Å². The lowest BCUT2D eigenvalue weighted by Crippen LogP contribution is -2.35. The number of pyridine rings is 1. The molecule has 1 aliphatic heterocycles. The number of fused-ring (bicyclic) bond motifs is 1. The van der Waals surface area contributed by atoms with Crippen LogP contribution in [0.3, 0.4) is 0 Å². The minimum absolute atomic E-state index is 0.0593. The SMILES string of the molecule is CNc1nc2cc(C(=O)N3CCCCC3)cnc2n1CCCOC. The molecule has 2 aromatic rings. The standard InChI is InChI=1S/C17H25N5O2/c1-18-17-20-14-11-13(16(23)21-7-4-3-5-8-21)12-19-15(14)22(17)9-6-10-24-2/h11-12H,3-10H2,1-2H3,(H,18,20). The highest BCUT2D eigenvalue weighted by molar-refractivity contribution is 5.96. The summed E-state index contributed by atoms with van der Waals surface area (Å²) in [6, 6.07) is 1.85. The van der Waals surface area contributed by atoms with Gasteiger partial charge in [-0.3, -0.25) is 9.36 Å². The average Bonchev–Trinajstić information content (AvgIpc) is 2.99. The van der Waals surface area contributed by atoms with Crippen molar-refractivity contribution in [1.29, 1.82) is 0 Å². The summed E-state index contributed by atoms with van der Waals surface area (Å²) in [4.78, 5) is 23.6. The van der Waals surface area contributed by atoms with Gasteiger partial charge < -0.3 is 15.0 Å². The van der Waals surface area contributed by atoms with Crippen molar-refractivity contribution < 1.29 is 9.53 Å². The van der Waals surface area contributed by atoms with Crippen molar-refractivity contribution >= 4 is 23.0 Å². The molecule has 0 saturated carbocycles. The lowest BCUT2D eigenvalue weighted by Gasteiger charge is -2.26. The molecule has 0 unspecified atom stereocenters. The lowest BCUT2D eigenvalue weighted by molar-refractivity contribution is 0.0724. The zero-order valence-corrected chi connectivity index (χ0v) is 14.4. The summed E-state index contributed by atoms with van der Waals surface area (Å²) < 4.78 is 7.15. The van der Waals surface area contributed by atoms with Gasteiger partial charge in [-0.25, -0.2) is 9.97 Å². The largest absolute Gasteiger partial charge is 0.385 e. The highest BCUT2D eigenvalue weighted by atomic mass is 16.5. The lowest BCUT2D eigenvalue weighted by atomic mass is 10.1. The first-order valence-corrected chi connectivity index (χ1v) is 8.57. The number of methoxy groups -OCH3 is 1. The van der Waals surface area contributed by atoms with Crippen LogP contribution in [0.25, 0.3) is 11.2 Å². The van der Waals surface area contributed by atoms with Crippen molar-refractivity contribution in [2.24, 2.45) is 0 Å². The molecule has 1 N–H and O–H groups in total. The first kappa shape index (κ1) is 16.7. The van der Waals surface area contributed by atoms with Crippen LogP contribution in [-0.4, -0.2) is 59.2 Å². The number of nitrogens with one attached hydrogen (secondary N) is 1. The van der Waals surface area contributed by atoms with Gasteiger partial charge in [0.1, 0.15) is 5.52 Å². The van der Waals surface area contributed by atoms with Gasteiger partial charge in [0, 0.05) is 46.6 Å². The van der Waals surface area contributed by atoms with Gasteiger partial charge in [0.05, 0.1) is 5.56 Å². The zero-order chi connectivity index (χ0) is 16.9. The summed E-state index contributed by atoms with van der Waals surface area (Å²) in [7, 11) is 3.54. The fraction of sp³-hybridized carbons (Fsp3) is 0.588. The Kier molecular flexibility index (Phi) is 5.30. The van der Waals surface area contributed by atoms with Gasteiger partial charge in [-0.2, -0.15) is 0 Å². The molecular formula is C17H25N5O2. The summed E-state index contributed by atoms with van der Waals surface area (Å²) in [5.41, 5.74) is 2.17. The van der Waals surface area contributed by atoms with Gasteiger partial charge in [0.2, 0.25) is 5.95 Å². The van der Waals surface area contributed by atoms with Gasteiger partial charge in [-0.15, -0.1) is 0 Å². The van der Waals surface area contributed by atoms with E-state index in [1.54, 1.807) is 13.3 Å². The molecule has 0 aromatic carbocycles. The minimum Gasteiger partial charge on any atom is -0.385 e. The van der Waals surface area contributed by atoms with Crippen LogP contribution in [-0.2, 0) is 11.3 Å². The molecule has 3 heterocycles. The Morgan fingerprint density at radius 2 is 2.12 bits per heavy atom. The number of hydrogen-bond acceptors (Lipinski definition) is 5. The maximum absolute atomic E-state index is 12.6. The molecule has 0 atom stereocenters. The minimum atomic E-state index is 0.0593. The Labute approximate surface area is 142 Å². The monoisotopic (exact) mass is 331 g/mol. The molecule has 130 valence electrons. The van der Waals surface area contributed by atoms with Crippen molar-refractivity contribution in [3.63, 3.8) is 0 Å². The Bertz CT molecular complexity index is 706. The van der Waals surface area contributed by atoms with E-state index >= 15 is 0 Å². The second kappa shape index (κ2) is 7.61. The molecule has 3 rings (SSSR count). The highest BCUT2D eigenvalue weighted by Crippen LogP contribution is 2.21. The van der Waals surface area contributed by atoms with E-state index in [2.05, 4.69) is 15.3 Å². The topological polar surface area (TPSA) is 72.3 Å². The number of carbonyl (C=O) groups is 1. The second-order valence-corrected chi connectivity index (χ2v) is 6.10. The van der Waals surface area contributed by atoms with E-state index in [1.165, 1.54) is 6.42 Å². The van der Waals surface area contributed by atoms with Gasteiger partial charge in [0.25, 0.3) is 5.91 Å². The van der Waals surface area contributed by atoms with E-state index < -0.39 is 0 Å². The smallest absolute Gasteiger partial charge is 0.255 e. The molecule has 24 heavy (non-hydrogen) atoms. The number of likely N-dealkylation sites (tertiary alicyclic amines) is 1. The summed E-state index contributed by atoms with van der Waals surface area (Å²) >= 11 is 0. The van der Waals surface area contributed by atoms with Crippen molar-refractivity contribution in [1.82, 2.24) is 19.4 Å². The molecule has 0 radical (unpaired) electrons. The van der Waals surface area contributed by atoms with E-state index in [4.69, 9.17) is 4.74 Å². The molecule has 7 heteroatoms. The first-order valence-electron chi connectivity index (χ1n) is 8.57. The number of rotatable bonds is 6. The van der Waals surface area contributed by atoms with E-state index in [1.807, 2.05) is 22.6 Å². The van der Waals surface area contributed by atoms with E-state index in [0.717, 1.165) is 56.0 Å². The third-order valence-corrected chi connectivity index (χ3v) is 4.43. The van der Waals surface area contributed by atoms with E-state index in [0.29, 0.717) is 12.2 Å². The van der Waals surface area contributed by atoms with E-state index in [-0.39, 0.29) is 5.91 Å². The molecule has 0 bridgehead atoms. The Balaban J connectivity index is 1.86. The number of amides is 1. The summed E-state index contributed by atoms with van der Waals surface area (Å²) in [5.74, 6) is 0.820. The van der Waals surface area contributed by atoms with Crippen LogP contribution in [0, 0.1) is 0 Å². The van der Waals surface area contributed by atoms with E-state index in [9.17, 15) is 4.79 Å². The van der Waals surface area contributed by atoms with Gasteiger partial charge in [-0.05, 0) is 31.7 Å². The van der Waals surface area contributed by atoms with Gasteiger partial charge >= 0.3 is 0 Å².